The van der Waals surface area contributed by atoms with Crippen LogP contribution in [0.5, 0.6) is 0 Å². The zero-order valence-electron chi connectivity index (χ0n) is 11.6. The molecular weight excluding hydrogens is 357 g/mol. The Labute approximate surface area is 138 Å². The standard InChI is InChI=1S/C16H16BrCl2N/c1-9-4-5-12(6-10(9)2)11(3)20-16-14(18)7-13(17)8-15(16)19/h4-8,11,20H,1-3H3. The van der Waals surface area contributed by atoms with Gasteiger partial charge in [-0.15, -0.1) is 0 Å². The maximum absolute atomic E-state index is 6.25. The van der Waals surface area contributed by atoms with Gasteiger partial charge >= 0.3 is 0 Å². The fourth-order valence-corrected chi connectivity index (χ4v) is 3.33. The van der Waals surface area contributed by atoms with E-state index in [0.29, 0.717) is 10.0 Å². The van der Waals surface area contributed by atoms with Gasteiger partial charge in [0.25, 0.3) is 0 Å². The lowest BCUT2D eigenvalue weighted by atomic mass is 10.0. The largest absolute Gasteiger partial charge is 0.376 e. The van der Waals surface area contributed by atoms with Gasteiger partial charge in [0.1, 0.15) is 0 Å². The molecule has 0 amide bonds. The first-order valence-corrected chi connectivity index (χ1v) is 7.91. The number of halogens is 3. The molecule has 0 aliphatic carbocycles. The molecule has 0 fully saturated rings. The normalized spacial score (nSPS) is 12.3. The molecule has 1 nitrogen and oxygen atoms in total. The van der Waals surface area contributed by atoms with Crippen molar-refractivity contribution in [2.75, 3.05) is 5.32 Å². The average molecular weight is 373 g/mol. The molecule has 2 aromatic carbocycles. The Morgan fingerprint density at radius 3 is 2.15 bits per heavy atom. The van der Waals surface area contributed by atoms with Gasteiger partial charge in [-0.1, -0.05) is 57.3 Å². The molecule has 0 saturated carbocycles. The van der Waals surface area contributed by atoms with Crippen molar-refractivity contribution in [3.05, 3.63) is 61.5 Å². The second kappa shape index (κ2) is 6.38. The third-order valence-corrected chi connectivity index (χ3v) is 4.45. The highest BCUT2D eigenvalue weighted by Crippen LogP contribution is 2.36. The van der Waals surface area contributed by atoms with Crippen LogP contribution in [0, 0.1) is 13.8 Å². The minimum Gasteiger partial charge on any atom is -0.376 e. The molecule has 0 spiro atoms. The van der Waals surface area contributed by atoms with Crippen LogP contribution < -0.4 is 5.32 Å². The highest BCUT2D eigenvalue weighted by atomic mass is 79.9. The van der Waals surface area contributed by atoms with Crippen LogP contribution in [-0.4, -0.2) is 0 Å². The summed E-state index contributed by atoms with van der Waals surface area (Å²) in [5.74, 6) is 0. The van der Waals surface area contributed by atoms with Crippen LogP contribution >= 0.6 is 39.1 Å². The summed E-state index contributed by atoms with van der Waals surface area (Å²) in [5, 5.41) is 4.61. The van der Waals surface area contributed by atoms with Gasteiger partial charge in [0.15, 0.2) is 0 Å². The van der Waals surface area contributed by atoms with E-state index in [-0.39, 0.29) is 6.04 Å². The van der Waals surface area contributed by atoms with E-state index in [2.05, 4.69) is 60.2 Å². The lowest BCUT2D eigenvalue weighted by Crippen LogP contribution is -2.08. The molecule has 0 bridgehead atoms. The smallest absolute Gasteiger partial charge is 0.0724 e. The van der Waals surface area contributed by atoms with Gasteiger partial charge in [0.05, 0.1) is 15.7 Å². The first kappa shape index (κ1) is 15.7. The van der Waals surface area contributed by atoms with Gasteiger partial charge in [0, 0.05) is 10.5 Å². The Balaban J connectivity index is 2.27. The number of anilines is 1. The summed E-state index contributed by atoms with van der Waals surface area (Å²) in [4.78, 5) is 0. The Kier molecular flexibility index (Phi) is 5.00. The Hall–Kier alpha value is -0.700. The summed E-state index contributed by atoms with van der Waals surface area (Å²) in [6.07, 6.45) is 0. The van der Waals surface area contributed by atoms with E-state index in [1.165, 1.54) is 16.7 Å². The van der Waals surface area contributed by atoms with Gasteiger partial charge in [0.2, 0.25) is 0 Å². The zero-order chi connectivity index (χ0) is 14.9. The molecule has 2 aromatic rings. The van der Waals surface area contributed by atoms with Crippen molar-refractivity contribution < 1.29 is 0 Å². The fourth-order valence-electron chi connectivity index (χ4n) is 2.01. The Morgan fingerprint density at radius 2 is 1.60 bits per heavy atom. The molecule has 2 rings (SSSR count). The number of nitrogens with one attached hydrogen (secondary N) is 1. The highest BCUT2D eigenvalue weighted by Gasteiger charge is 2.12. The molecule has 20 heavy (non-hydrogen) atoms. The number of hydrogen-bond donors (Lipinski definition) is 1. The van der Waals surface area contributed by atoms with Crippen LogP contribution in [0.3, 0.4) is 0 Å². The topological polar surface area (TPSA) is 12.0 Å². The second-order valence-corrected chi connectivity index (χ2v) is 6.68. The van der Waals surface area contributed by atoms with Crippen LogP contribution in [0.4, 0.5) is 5.69 Å². The van der Waals surface area contributed by atoms with Crippen LogP contribution in [0.1, 0.15) is 29.7 Å². The molecule has 1 atom stereocenters. The first-order valence-electron chi connectivity index (χ1n) is 6.36. The SMILES string of the molecule is Cc1ccc(C(C)Nc2c(Cl)cc(Br)cc2Cl)cc1C. The number of aryl methyl sites for hydroxylation is 2. The van der Waals surface area contributed by atoms with Gasteiger partial charge < -0.3 is 5.32 Å². The third kappa shape index (κ3) is 3.49. The fraction of sp³-hybridized carbons (Fsp3) is 0.250. The first-order chi connectivity index (χ1) is 9.38. The van der Waals surface area contributed by atoms with E-state index in [9.17, 15) is 0 Å². The van der Waals surface area contributed by atoms with E-state index in [1.807, 2.05) is 12.1 Å². The highest BCUT2D eigenvalue weighted by molar-refractivity contribution is 9.10. The summed E-state index contributed by atoms with van der Waals surface area (Å²) in [6, 6.07) is 10.2. The van der Waals surface area contributed by atoms with E-state index in [0.717, 1.165) is 10.2 Å². The van der Waals surface area contributed by atoms with Gasteiger partial charge in [-0.2, -0.15) is 0 Å². The lowest BCUT2D eigenvalue weighted by Gasteiger charge is -2.19. The summed E-state index contributed by atoms with van der Waals surface area (Å²) in [6.45, 7) is 6.32. The summed E-state index contributed by atoms with van der Waals surface area (Å²) < 4.78 is 0.872. The number of rotatable bonds is 3. The quantitative estimate of drug-likeness (QED) is 0.644. The predicted octanol–water partition coefficient (Wildman–Crippen LogP) is 6.55. The maximum atomic E-state index is 6.25. The summed E-state index contributed by atoms with van der Waals surface area (Å²) in [7, 11) is 0. The van der Waals surface area contributed by atoms with E-state index in [1.54, 1.807) is 0 Å². The van der Waals surface area contributed by atoms with E-state index < -0.39 is 0 Å². The molecule has 0 aromatic heterocycles. The average Bonchev–Trinajstić information content (AvgIpc) is 2.36. The van der Waals surface area contributed by atoms with Gasteiger partial charge in [-0.3, -0.25) is 0 Å². The third-order valence-electron chi connectivity index (χ3n) is 3.40. The summed E-state index contributed by atoms with van der Waals surface area (Å²) >= 11 is 15.9. The molecule has 0 aliphatic rings. The van der Waals surface area contributed by atoms with Crippen molar-refractivity contribution >= 4 is 44.8 Å². The van der Waals surface area contributed by atoms with E-state index >= 15 is 0 Å². The van der Waals surface area contributed by atoms with Crippen molar-refractivity contribution in [3.63, 3.8) is 0 Å². The van der Waals surface area contributed by atoms with Crippen LogP contribution in [0.25, 0.3) is 0 Å². The van der Waals surface area contributed by atoms with Crippen molar-refractivity contribution in [1.82, 2.24) is 0 Å². The maximum Gasteiger partial charge on any atom is 0.0724 e. The second-order valence-electron chi connectivity index (χ2n) is 4.95. The van der Waals surface area contributed by atoms with Crippen molar-refractivity contribution in [3.8, 4) is 0 Å². The molecule has 0 aliphatic heterocycles. The van der Waals surface area contributed by atoms with Crippen molar-refractivity contribution in [2.24, 2.45) is 0 Å². The molecule has 106 valence electrons. The molecule has 0 radical (unpaired) electrons. The monoisotopic (exact) mass is 371 g/mol. The number of benzene rings is 2. The van der Waals surface area contributed by atoms with Crippen molar-refractivity contribution in [2.45, 2.75) is 26.8 Å². The van der Waals surface area contributed by atoms with Crippen LogP contribution in [-0.2, 0) is 0 Å². The van der Waals surface area contributed by atoms with Crippen molar-refractivity contribution in [1.29, 1.82) is 0 Å². The van der Waals surface area contributed by atoms with Crippen LogP contribution in [0.2, 0.25) is 10.0 Å². The predicted molar refractivity (Wildman–Crippen MR) is 92.1 cm³/mol. The lowest BCUT2D eigenvalue weighted by molar-refractivity contribution is 0.882. The molecular formula is C16H16BrCl2N. The minimum absolute atomic E-state index is 0.130. The Morgan fingerprint density at radius 1 is 1.00 bits per heavy atom. The molecule has 1 N–H and O–H groups in total. The zero-order valence-corrected chi connectivity index (χ0v) is 14.7. The minimum atomic E-state index is 0.130. The van der Waals surface area contributed by atoms with Gasteiger partial charge in [-0.05, 0) is 49.6 Å². The number of hydrogen-bond acceptors (Lipinski definition) is 1. The van der Waals surface area contributed by atoms with E-state index in [4.69, 9.17) is 23.2 Å². The summed E-state index contributed by atoms with van der Waals surface area (Å²) in [5.41, 5.74) is 4.55. The Bertz CT molecular complexity index is 617. The van der Waals surface area contributed by atoms with Crippen LogP contribution in [0.15, 0.2) is 34.8 Å². The molecule has 4 heteroatoms. The van der Waals surface area contributed by atoms with Gasteiger partial charge in [-0.25, -0.2) is 0 Å². The molecule has 1 unspecified atom stereocenters. The molecule has 0 saturated heterocycles. The molecule has 0 heterocycles.